The Balaban J connectivity index is 1.85. The van der Waals surface area contributed by atoms with Crippen LogP contribution in [0.5, 0.6) is 11.5 Å². The summed E-state index contributed by atoms with van der Waals surface area (Å²) in [5, 5.41) is 3.74. The second-order valence-electron chi connectivity index (χ2n) is 6.29. The molecule has 2 aromatic carbocycles. The number of methoxy groups -OCH3 is 2. The van der Waals surface area contributed by atoms with Crippen LogP contribution in [0.1, 0.15) is 29.5 Å². The van der Waals surface area contributed by atoms with E-state index < -0.39 is 0 Å². The zero-order valence-electron chi connectivity index (χ0n) is 13.8. The molecule has 2 aromatic rings. The summed E-state index contributed by atoms with van der Waals surface area (Å²) in [6.45, 7) is 0. The minimum atomic E-state index is 0.256. The summed E-state index contributed by atoms with van der Waals surface area (Å²) >= 11 is 3.52. The van der Waals surface area contributed by atoms with Crippen molar-refractivity contribution in [3.63, 3.8) is 0 Å². The molecule has 0 amide bonds. The molecule has 4 rings (SSSR count). The van der Waals surface area contributed by atoms with E-state index in [0.29, 0.717) is 11.8 Å². The Morgan fingerprint density at radius 1 is 1.00 bits per heavy atom. The molecule has 2 aliphatic rings. The van der Waals surface area contributed by atoms with E-state index in [0.717, 1.165) is 28.1 Å². The fourth-order valence-corrected chi connectivity index (χ4v) is 4.26. The first-order valence-corrected chi connectivity index (χ1v) is 8.95. The Labute approximate surface area is 150 Å². The average molecular weight is 386 g/mol. The lowest BCUT2D eigenvalue weighted by molar-refractivity contribution is 0.370. The van der Waals surface area contributed by atoms with Crippen molar-refractivity contribution in [2.24, 2.45) is 5.92 Å². The number of hydrogen-bond donors (Lipinski definition) is 1. The summed E-state index contributed by atoms with van der Waals surface area (Å²) in [5.41, 5.74) is 3.56. The van der Waals surface area contributed by atoms with Crippen LogP contribution in [0.25, 0.3) is 0 Å². The zero-order chi connectivity index (χ0) is 16.7. The van der Waals surface area contributed by atoms with Gasteiger partial charge in [-0.2, -0.15) is 0 Å². The quantitative estimate of drug-likeness (QED) is 0.727. The van der Waals surface area contributed by atoms with Crippen molar-refractivity contribution in [2.75, 3.05) is 19.5 Å². The van der Waals surface area contributed by atoms with E-state index in [1.54, 1.807) is 14.2 Å². The molecule has 0 saturated carbocycles. The number of nitrogens with one attached hydrogen (secondary N) is 1. The lowest BCUT2D eigenvalue weighted by atomic mass is 9.76. The van der Waals surface area contributed by atoms with E-state index in [1.807, 2.05) is 12.1 Å². The van der Waals surface area contributed by atoms with Crippen molar-refractivity contribution in [2.45, 2.75) is 18.4 Å². The van der Waals surface area contributed by atoms with E-state index in [2.05, 4.69) is 57.7 Å². The van der Waals surface area contributed by atoms with Crippen LogP contribution in [0, 0.1) is 5.92 Å². The number of ether oxygens (including phenoxy) is 2. The molecule has 24 heavy (non-hydrogen) atoms. The maximum absolute atomic E-state index is 5.64. The van der Waals surface area contributed by atoms with Crippen LogP contribution in [-0.4, -0.2) is 14.2 Å². The third-order valence-electron chi connectivity index (χ3n) is 5.11. The number of halogens is 1. The summed E-state index contributed by atoms with van der Waals surface area (Å²) in [7, 11) is 3.45. The van der Waals surface area contributed by atoms with Gasteiger partial charge in [0.05, 0.1) is 25.9 Å². The number of rotatable bonds is 3. The van der Waals surface area contributed by atoms with Crippen molar-refractivity contribution in [3.8, 4) is 11.5 Å². The molecule has 3 atom stereocenters. The van der Waals surface area contributed by atoms with Crippen molar-refractivity contribution < 1.29 is 9.47 Å². The Kier molecular flexibility index (Phi) is 4.01. The van der Waals surface area contributed by atoms with Crippen LogP contribution in [0.4, 0.5) is 5.69 Å². The van der Waals surface area contributed by atoms with Crippen LogP contribution < -0.4 is 14.8 Å². The maximum atomic E-state index is 5.64. The highest BCUT2D eigenvalue weighted by Crippen LogP contribution is 2.55. The van der Waals surface area contributed by atoms with Gasteiger partial charge >= 0.3 is 0 Å². The highest BCUT2D eigenvalue weighted by Gasteiger charge is 2.40. The van der Waals surface area contributed by atoms with Gasteiger partial charge in [0.15, 0.2) is 0 Å². The van der Waals surface area contributed by atoms with Gasteiger partial charge in [-0.3, -0.25) is 0 Å². The second kappa shape index (κ2) is 6.17. The van der Waals surface area contributed by atoms with Gasteiger partial charge in [0.1, 0.15) is 11.5 Å². The van der Waals surface area contributed by atoms with Crippen LogP contribution in [0.15, 0.2) is 53.0 Å². The first-order valence-electron chi connectivity index (χ1n) is 8.16. The minimum Gasteiger partial charge on any atom is -0.496 e. The van der Waals surface area contributed by atoms with Crippen LogP contribution in [0.3, 0.4) is 0 Å². The summed E-state index contributed by atoms with van der Waals surface area (Å²) in [5.74, 6) is 2.63. The summed E-state index contributed by atoms with van der Waals surface area (Å²) in [6.07, 6.45) is 5.67. The standard InChI is InChI=1S/C20H20BrNO2/c1-23-16-10-11-17(24-2)20-18(16)14-4-3-5-15(14)19(22-20)12-6-8-13(21)9-7-12/h3-4,6-11,14-15,19,22H,5H2,1-2H3. The number of benzene rings is 2. The Morgan fingerprint density at radius 2 is 1.71 bits per heavy atom. The minimum absolute atomic E-state index is 0.256. The first kappa shape index (κ1) is 15.6. The lowest BCUT2D eigenvalue weighted by Crippen LogP contribution is -2.29. The third-order valence-corrected chi connectivity index (χ3v) is 5.64. The molecule has 124 valence electrons. The highest BCUT2D eigenvalue weighted by molar-refractivity contribution is 9.10. The van der Waals surface area contributed by atoms with E-state index in [1.165, 1.54) is 11.1 Å². The van der Waals surface area contributed by atoms with Gasteiger partial charge in [0.25, 0.3) is 0 Å². The number of fused-ring (bicyclic) bond motifs is 3. The monoisotopic (exact) mass is 385 g/mol. The van der Waals surface area contributed by atoms with Gasteiger partial charge < -0.3 is 14.8 Å². The molecule has 0 fully saturated rings. The number of anilines is 1. The third kappa shape index (κ3) is 2.40. The second-order valence-corrected chi connectivity index (χ2v) is 7.20. The van der Waals surface area contributed by atoms with E-state index in [9.17, 15) is 0 Å². The van der Waals surface area contributed by atoms with Crippen LogP contribution in [-0.2, 0) is 0 Å². The van der Waals surface area contributed by atoms with E-state index in [-0.39, 0.29) is 6.04 Å². The van der Waals surface area contributed by atoms with E-state index in [4.69, 9.17) is 9.47 Å². The molecule has 0 saturated heterocycles. The Morgan fingerprint density at radius 3 is 2.42 bits per heavy atom. The van der Waals surface area contributed by atoms with Gasteiger partial charge in [0, 0.05) is 16.0 Å². The number of hydrogen-bond acceptors (Lipinski definition) is 3. The number of allylic oxidation sites excluding steroid dienone is 2. The molecule has 3 nitrogen and oxygen atoms in total. The van der Waals surface area contributed by atoms with Crippen molar-refractivity contribution >= 4 is 21.6 Å². The Bertz CT molecular complexity index is 785. The van der Waals surface area contributed by atoms with Gasteiger partial charge in [-0.15, -0.1) is 0 Å². The normalized spacial score (nSPS) is 24.0. The van der Waals surface area contributed by atoms with Crippen molar-refractivity contribution in [3.05, 3.63) is 64.1 Å². The van der Waals surface area contributed by atoms with Crippen molar-refractivity contribution in [1.82, 2.24) is 0 Å². The molecule has 1 aliphatic carbocycles. The predicted octanol–water partition coefficient (Wildman–Crippen LogP) is 5.29. The molecule has 0 radical (unpaired) electrons. The molecular weight excluding hydrogens is 366 g/mol. The molecule has 1 N–H and O–H groups in total. The summed E-state index contributed by atoms with van der Waals surface area (Å²) in [4.78, 5) is 0. The SMILES string of the molecule is COc1ccc(OC)c2c1NC(c1ccc(Br)cc1)C1CC=CC21. The fourth-order valence-electron chi connectivity index (χ4n) is 4.00. The largest absolute Gasteiger partial charge is 0.496 e. The van der Waals surface area contributed by atoms with Crippen LogP contribution >= 0.6 is 15.9 Å². The van der Waals surface area contributed by atoms with Gasteiger partial charge in [-0.05, 0) is 42.2 Å². The molecule has 4 heteroatoms. The molecule has 0 aromatic heterocycles. The fraction of sp³-hybridized carbons (Fsp3) is 0.300. The van der Waals surface area contributed by atoms with Gasteiger partial charge in [-0.1, -0.05) is 40.2 Å². The molecule has 1 heterocycles. The molecular formula is C20H20BrNO2. The Hall–Kier alpha value is -1.94. The van der Waals surface area contributed by atoms with Gasteiger partial charge in [0.2, 0.25) is 0 Å². The first-order chi connectivity index (χ1) is 11.7. The maximum Gasteiger partial charge on any atom is 0.142 e. The molecule has 0 spiro atoms. The van der Waals surface area contributed by atoms with E-state index >= 15 is 0 Å². The zero-order valence-corrected chi connectivity index (χ0v) is 15.3. The van der Waals surface area contributed by atoms with Crippen LogP contribution in [0.2, 0.25) is 0 Å². The van der Waals surface area contributed by atoms with Crippen molar-refractivity contribution in [1.29, 1.82) is 0 Å². The highest BCUT2D eigenvalue weighted by atomic mass is 79.9. The molecule has 3 unspecified atom stereocenters. The predicted molar refractivity (Wildman–Crippen MR) is 100 cm³/mol. The molecule has 0 bridgehead atoms. The topological polar surface area (TPSA) is 30.5 Å². The lowest BCUT2D eigenvalue weighted by Gasteiger charge is -2.38. The smallest absolute Gasteiger partial charge is 0.142 e. The summed E-state index contributed by atoms with van der Waals surface area (Å²) in [6, 6.07) is 12.8. The molecule has 1 aliphatic heterocycles. The summed E-state index contributed by atoms with van der Waals surface area (Å²) < 4.78 is 12.4. The average Bonchev–Trinajstić information content (AvgIpc) is 3.10. The van der Waals surface area contributed by atoms with Gasteiger partial charge in [-0.25, -0.2) is 0 Å².